The Morgan fingerprint density at radius 1 is 1.29 bits per heavy atom. The van der Waals surface area contributed by atoms with E-state index in [2.05, 4.69) is 10.4 Å². The first-order chi connectivity index (χ1) is 10.0. The number of hydrogen-bond acceptors (Lipinski definition) is 2. The molecule has 0 spiro atoms. The Hall–Kier alpha value is -1.23. The van der Waals surface area contributed by atoms with Crippen LogP contribution in [0.25, 0.3) is 0 Å². The largest absolute Gasteiger partial charge is 0.352 e. The van der Waals surface area contributed by atoms with Gasteiger partial charge in [-0.15, -0.1) is 0 Å². The lowest BCUT2D eigenvalue weighted by Crippen LogP contribution is -2.25. The van der Waals surface area contributed by atoms with Crippen LogP contribution in [0.4, 0.5) is 0 Å². The molecule has 1 N–H and O–H groups in total. The lowest BCUT2D eigenvalue weighted by molar-refractivity contribution is 0.0953. The Balaban J connectivity index is 1.84. The summed E-state index contributed by atoms with van der Waals surface area (Å²) >= 11 is 18.0. The van der Waals surface area contributed by atoms with E-state index in [0.29, 0.717) is 46.0 Å². The topological polar surface area (TPSA) is 46.9 Å². The van der Waals surface area contributed by atoms with E-state index in [0.717, 1.165) is 0 Å². The first kappa shape index (κ1) is 16.1. The average molecular weight is 347 g/mol. The molecule has 112 valence electrons. The molecule has 0 aliphatic rings. The van der Waals surface area contributed by atoms with Crippen LogP contribution in [0.15, 0.2) is 24.3 Å². The molecule has 2 rings (SSSR count). The quantitative estimate of drug-likeness (QED) is 0.833. The summed E-state index contributed by atoms with van der Waals surface area (Å²) in [6, 6.07) is 6.93. The van der Waals surface area contributed by atoms with Gasteiger partial charge >= 0.3 is 0 Å². The first-order valence-electron chi connectivity index (χ1n) is 6.42. The zero-order valence-electron chi connectivity index (χ0n) is 11.4. The molecule has 1 aromatic carbocycles. The monoisotopic (exact) mass is 345 g/mol. The van der Waals surface area contributed by atoms with Gasteiger partial charge in [-0.2, -0.15) is 5.10 Å². The number of carbonyl (C=O) groups is 1. The van der Waals surface area contributed by atoms with Gasteiger partial charge in [0.25, 0.3) is 5.91 Å². The molecule has 1 heterocycles. The van der Waals surface area contributed by atoms with Gasteiger partial charge in [-0.05, 0) is 25.5 Å². The minimum Gasteiger partial charge on any atom is -0.352 e. The van der Waals surface area contributed by atoms with Crippen LogP contribution in [0.1, 0.15) is 22.5 Å². The second-order valence-electron chi connectivity index (χ2n) is 4.50. The van der Waals surface area contributed by atoms with Crippen molar-refractivity contribution in [3.63, 3.8) is 0 Å². The molecular weight excluding hydrogens is 333 g/mol. The third kappa shape index (κ3) is 3.90. The van der Waals surface area contributed by atoms with Crippen LogP contribution in [0.2, 0.25) is 15.2 Å². The third-order valence-corrected chi connectivity index (χ3v) is 4.21. The van der Waals surface area contributed by atoms with Crippen LogP contribution in [0.3, 0.4) is 0 Å². The van der Waals surface area contributed by atoms with E-state index in [1.807, 2.05) is 0 Å². The summed E-state index contributed by atoms with van der Waals surface area (Å²) in [5, 5.41) is 8.36. The van der Waals surface area contributed by atoms with Crippen LogP contribution in [0.5, 0.6) is 0 Å². The van der Waals surface area contributed by atoms with Gasteiger partial charge in [0.05, 0.1) is 16.3 Å². The van der Waals surface area contributed by atoms with Crippen molar-refractivity contribution >= 4 is 40.7 Å². The van der Waals surface area contributed by atoms with E-state index in [4.69, 9.17) is 34.8 Å². The van der Waals surface area contributed by atoms with Crippen molar-refractivity contribution in [3.05, 3.63) is 50.7 Å². The molecule has 0 fully saturated rings. The van der Waals surface area contributed by atoms with E-state index in [1.165, 1.54) is 0 Å². The molecule has 4 nitrogen and oxygen atoms in total. The average Bonchev–Trinajstić information content (AvgIpc) is 2.71. The van der Waals surface area contributed by atoms with Gasteiger partial charge in [0, 0.05) is 13.1 Å². The summed E-state index contributed by atoms with van der Waals surface area (Å²) in [5.74, 6) is -0.193. The van der Waals surface area contributed by atoms with Crippen molar-refractivity contribution in [3.8, 4) is 0 Å². The molecule has 0 radical (unpaired) electrons. The number of nitrogens with zero attached hydrogens (tertiary/aromatic N) is 2. The molecule has 0 aliphatic heterocycles. The fourth-order valence-corrected chi connectivity index (χ4v) is 2.47. The zero-order valence-corrected chi connectivity index (χ0v) is 13.6. The number of aryl methyl sites for hydroxylation is 2. The van der Waals surface area contributed by atoms with Crippen molar-refractivity contribution < 1.29 is 4.79 Å². The van der Waals surface area contributed by atoms with Gasteiger partial charge in [-0.1, -0.05) is 46.9 Å². The normalized spacial score (nSPS) is 10.7. The number of benzene rings is 1. The predicted octanol–water partition coefficient (Wildman–Crippen LogP) is 3.97. The fourth-order valence-electron chi connectivity index (χ4n) is 1.85. The van der Waals surface area contributed by atoms with Crippen LogP contribution in [-0.4, -0.2) is 22.2 Å². The number of rotatable bonds is 5. The highest BCUT2D eigenvalue weighted by Crippen LogP contribution is 2.24. The Morgan fingerprint density at radius 2 is 2.00 bits per heavy atom. The maximum Gasteiger partial charge on any atom is 0.252 e. The standard InChI is InChI=1S/C14H14Cl3N3O/c1-9-12(16)13(17)20(19-9)8-4-7-18-14(21)10-5-2-3-6-11(10)15/h2-3,5-6H,4,7-8H2,1H3,(H,18,21). The van der Waals surface area contributed by atoms with Crippen LogP contribution < -0.4 is 5.32 Å². The van der Waals surface area contributed by atoms with Gasteiger partial charge in [0.2, 0.25) is 0 Å². The van der Waals surface area contributed by atoms with E-state index in [9.17, 15) is 4.79 Å². The molecule has 0 saturated heterocycles. The highest BCUT2D eigenvalue weighted by molar-refractivity contribution is 6.41. The molecule has 1 amide bonds. The number of amides is 1. The zero-order chi connectivity index (χ0) is 15.4. The molecule has 0 unspecified atom stereocenters. The number of aromatic nitrogens is 2. The summed E-state index contributed by atoms with van der Waals surface area (Å²) in [4.78, 5) is 11.9. The number of halogens is 3. The maximum atomic E-state index is 11.9. The second-order valence-corrected chi connectivity index (χ2v) is 5.65. The summed E-state index contributed by atoms with van der Waals surface area (Å²) < 4.78 is 1.63. The number of carbonyl (C=O) groups excluding carboxylic acids is 1. The van der Waals surface area contributed by atoms with Gasteiger partial charge in [-0.3, -0.25) is 9.48 Å². The van der Waals surface area contributed by atoms with Crippen molar-refractivity contribution in [2.45, 2.75) is 19.9 Å². The molecule has 0 aliphatic carbocycles. The minimum atomic E-state index is -0.193. The van der Waals surface area contributed by atoms with Crippen molar-refractivity contribution in [2.24, 2.45) is 0 Å². The molecule has 0 atom stereocenters. The lowest BCUT2D eigenvalue weighted by Gasteiger charge is -2.07. The highest BCUT2D eigenvalue weighted by atomic mass is 35.5. The Kier molecular flexibility index (Phi) is 5.51. The minimum absolute atomic E-state index is 0.193. The van der Waals surface area contributed by atoms with Crippen LogP contribution in [-0.2, 0) is 6.54 Å². The summed E-state index contributed by atoms with van der Waals surface area (Å²) in [5.41, 5.74) is 1.16. The van der Waals surface area contributed by atoms with Crippen LogP contribution in [0, 0.1) is 6.92 Å². The maximum absolute atomic E-state index is 11.9. The molecule has 0 saturated carbocycles. The van der Waals surface area contributed by atoms with Gasteiger partial charge in [-0.25, -0.2) is 0 Å². The Morgan fingerprint density at radius 3 is 2.62 bits per heavy atom. The number of hydrogen-bond donors (Lipinski definition) is 1. The Labute approximate surface area is 138 Å². The van der Waals surface area contributed by atoms with Crippen LogP contribution >= 0.6 is 34.8 Å². The fraction of sp³-hybridized carbons (Fsp3) is 0.286. The van der Waals surface area contributed by atoms with E-state index >= 15 is 0 Å². The van der Waals surface area contributed by atoms with Crippen molar-refractivity contribution in [1.29, 1.82) is 0 Å². The van der Waals surface area contributed by atoms with E-state index in [-0.39, 0.29) is 5.91 Å². The van der Waals surface area contributed by atoms with Gasteiger partial charge in [0.1, 0.15) is 10.2 Å². The Bertz CT molecular complexity index is 655. The van der Waals surface area contributed by atoms with E-state index < -0.39 is 0 Å². The molecular formula is C14H14Cl3N3O. The van der Waals surface area contributed by atoms with Crippen molar-refractivity contribution in [2.75, 3.05) is 6.54 Å². The third-order valence-electron chi connectivity index (χ3n) is 2.95. The molecule has 21 heavy (non-hydrogen) atoms. The van der Waals surface area contributed by atoms with Gasteiger partial charge in [0.15, 0.2) is 0 Å². The van der Waals surface area contributed by atoms with Crippen molar-refractivity contribution in [1.82, 2.24) is 15.1 Å². The first-order valence-corrected chi connectivity index (χ1v) is 7.55. The molecule has 1 aromatic heterocycles. The van der Waals surface area contributed by atoms with Gasteiger partial charge < -0.3 is 5.32 Å². The summed E-state index contributed by atoms with van der Waals surface area (Å²) in [6.07, 6.45) is 0.688. The molecule has 2 aromatic rings. The smallest absolute Gasteiger partial charge is 0.252 e. The summed E-state index contributed by atoms with van der Waals surface area (Å²) in [7, 11) is 0. The predicted molar refractivity (Wildman–Crippen MR) is 85.4 cm³/mol. The SMILES string of the molecule is Cc1nn(CCCNC(=O)c2ccccc2Cl)c(Cl)c1Cl. The molecule has 0 bridgehead atoms. The molecule has 7 heteroatoms. The van der Waals surface area contributed by atoms with E-state index in [1.54, 1.807) is 35.9 Å². The second kappa shape index (κ2) is 7.16. The highest BCUT2D eigenvalue weighted by Gasteiger charge is 2.11. The lowest BCUT2D eigenvalue weighted by atomic mass is 10.2. The number of nitrogens with one attached hydrogen (secondary N) is 1. The summed E-state index contributed by atoms with van der Waals surface area (Å²) in [6.45, 7) is 2.87.